The van der Waals surface area contributed by atoms with Gasteiger partial charge in [0.1, 0.15) is 11.7 Å². The molecule has 1 spiro atoms. The van der Waals surface area contributed by atoms with Gasteiger partial charge in [-0.05, 0) is 56.7 Å². The molecule has 0 amide bonds. The van der Waals surface area contributed by atoms with E-state index in [4.69, 9.17) is 9.47 Å². The number of rotatable bonds is 3. The Kier molecular flexibility index (Phi) is 4.72. The Morgan fingerprint density at radius 2 is 2.06 bits per heavy atom. The molecule has 0 radical (unpaired) electrons. The Bertz CT molecular complexity index is 920. The smallest absolute Gasteiger partial charge is 0.311 e. The molecule has 174 valence electrons. The molecule has 5 nitrogen and oxygen atoms in total. The fourth-order valence-corrected chi connectivity index (χ4v) is 8.11. The second-order valence-corrected chi connectivity index (χ2v) is 11.7. The number of fused-ring (bicyclic) bond motifs is 2. The van der Waals surface area contributed by atoms with Crippen LogP contribution in [0.25, 0.3) is 0 Å². The van der Waals surface area contributed by atoms with Crippen LogP contribution in [0.5, 0.6) is 0 Å². The van der Waals surface area contributed by atoms with Crippen molar-refractivity contribution in [3.05, 3.63) is 29.8 Å². The Labute approximate surface area is 192 Å². The third-order valence-corrected chi connectivity index (χ3v) is 9.69. The Balaban J connectivity index is 1.16. The van der Waals surface area contributed by atoms with Gasteiger partial charge in [0.2, 0.25) is 0 Å². The minimum Gasteiger partial charge on any atom is -0.462 e. The van der Waals surface area contributed by atoms with Crippen molar-refractivity contribution in [1.82, 2.24) is 4.90 Å². The zero-order valence-corrected chi connectivity index (χ0v) is 20.0. The van der Waals surface area contributed by atoms with Crippen molar-refractivity contribution < 1.29 is 14.3 Å². The molecule has 5 aliphatic rings. The number of epoxide rings is 1. The van der Waals surface area contributed by atoms with E-state index < -0.39 is 0 Å². The zero-order chi connectivity index (χ0) is 22.3. The van der Waals surface area contributed by atoms with E-state index in [1.54, 1.807) is 0 Å². The quantitative estimate of drug-likeness (QED) is 0.527. The summed E-state index contributed by atoms with van der Waals surface area (Å²) < 4.78 is 12.7. The first kappa shape index (κ1) is 21.0. The van der Waals surface area contributed by atoms with Gasteiger partial charge in [0, 0.05) is 49.2 Å². The van der Waals surface area contributed by atoms with Crippen molar-refractivity contribution in [2.75, 3.05) is 31.1 Å². The van der Waals surface area contributed by atoms with Gasteiger partial charge in [0.25, 0.3) is 0 Å². The highest BCUT2D eigenvalue weighted by atomic mass is 16.6. The highest BCUT2D eigenvalue weighted by molar-refractivity contribution is 5.76. The lowest BCUT2D eigenvalue weighted by molar-refractivity contribution is -0.146. The lowest BCUT2D eigenvalue weighted by Gasteiger charge is -2.49. The van der Waals surface area contributed by atoms with E-state index in [1.807, 2.05) is 0 Å². The fraction of sp³-hybridized carbons (Fsp3) is 0.741. The molecule has 3 saturated heterocycles. The van der Waals surface area contributed by atoms with E-state index in [1.165, 1.54) is 30.5 Å². The Morgan fingerprint density at radius 1 is 1.22 bits per heavy atom. The number of nitrogens with zero attached hydrogens (tertiary/aromatic N) is 2. The number of hydrogen-bond donors (Lipinski definition) is 0. The van der Waals surface area contributed by atoms with Crippen molar-refractivity contribution in [2.24, 2.45) is 23.2 Å². The van der Waals surface area contributed by atoms with Crippen LogP contribution in [0.15, 0.2) is 24.3 Å². The molecule has 5 fully saturated rings. The van der Waals surface area contributed by atoms with Crippen LogP contribution in [-0.2, 0) is 14.3 Å². The summed E-state index contributed by atoms with van der Waals surface area (Å²) in [5, 5.41) is 0. The first-order valence-electron chi connectivity index (χ1n) is 12.8. The number of carbonyl (C=O) groups is 1. The lowest BCUT2D eigenvalue weighted by atomic mass is 9.53. The third-order valence-electron chi connectivity index (χ3n) is 9.69. The van der Waals surface area contributed by atoms with Crippen molar-refractivity contribution in [3.8, 4) is 0 Å². The van der Waals surface area contributed by atoms with Crippen LogP contribution < -0.4 is 4.90 Å². The number of piperazine rings is 1. The van der Waals surface area contributed by atoms with Crippen LogP contribution in [-0.4, -0.2) is 60.9 Å². The predicted molar refractivity (Wildman–Crippen MR) is 125 cm³/mol. The van der Waals surface area contributed by atoms with Gasteiger partial charge in [-0.25, -0.2) is 0 Å². The van der Waals surface area contributed by atoms with E-state index in [0.29, 0.717) is 12.0 Å². The standard InChI is InChI=1S/C27H38N2O3/c1-17-7-5-9-20(13-17)29-12-11-28(15-19(29)3)16-21-23-22(31-25(21)30)14-26(4)10-6-8-18(2)27(26)24(23)32-27/h5,7,9,13,18-19,21-24H,6,8,10-12,14-16H2,1-4H3/t18-,19+,21-,22+,23+,24-,26+,27-/m0/s1. The summed E-state index contributed by atoms with van der Waals surface area (Å²) in [4.78, 5) is 18.1. The molecular formula is C27H38N2O3. The molecule has 3 heterocycles. The summed E-state index contributed by atoms with van der Waals surface area (Å²) in [5.41, 5.74) is 2.77. The summed E-state index contributed by atoms with van der Waals surface area (Å²) in [5.74, 6) is 0.803. The van der Waals surface area contributed by atoms with E-state index in [2.05, 4.69) is 61.8 Å². The normalized spacial score (nSPS) is 45.6. The summed E-state index contributed by atoms with van der Waals surface area (Å²) >= 11 is 0. The van der Waals surface area contributed by atoms with Gasteiger partial charge >= 0.3 is 5.97 Å². The second kappa shape index (κ2) is 7.20. The number of esters is 1. The van der Waals surface area contributed by atoms with Crippen LogP contribution in [0.1, 0.15) is 52.0 Å². The molecule has 32 heavy (non-hydrogen) atoms. The van der Waals surface area contributed by atoms with Crippen LogP contribution in [0, 0.1) is 30.1 Å². The molecule has 6 rings (SSSR count). The number of anilines is 1. The predicted octanol–water partition coefficient (Wildman–Crippen LogP) is 4.03. The Hall–Kier alpha value is -1.59. The SMILES string of the molecule is Cc1cccc(N2CCN(C[C@@H]3C(=O)O[C@@H]4C[C@@]5(C)CCC[C@H](C)[C@@]56O[C@H]6[C@H]34)C[C@H]2C)c1. The van der Waals surface area contributed by atoms with Crippen LogP contribution in [0.2, 0.25) is 0 Å². The maximum absolute atomic E-state index is 13.1. The van der Waals surface area contributed by atoms with Crippen molar-refractivity contribution in [1.29, 1.82) is 0 Å². The number of hydrogen-bond acceptors (Lipinski definition) is 5. The van der Waals surface area contributed by atoms with Gasteiger partial charge in [0.15, 0.2) is 0 Å². The number of carbonyl (C=O) groups excluding carboxylic acids is 1. The molecule has 8 atom stereocenters. The molecule has 3 aliphatic heterocycles. The molecule has 1 aromatic carbocycles. The Morgan fingerprint density at radius 3 is 2.84 bits per heavy atom. The molecule has 0 aromatic heterocycles. The van der Waals surface area contributed by atoms with E-state index in [-0.39, 0.29) is 41.0 Å². The average Bonchev–Trinajstić information content (AvgIpc) is 3.43. The molecule has 0 unspecified atom stereocenters. The molecular weight excluding hydrogens is 400 g/mol. The first-order chi connectivity index (χ1) is 15.3. The maximum atomic E-state index is 13.1. The highest BCUT2D eigenvalue weighted by Gasteiger charge is 2.78. The van der Waals surface area contributed by atoms with Crippen LogP contribution in [0.3, 0.4) is 0 Å². The van der Waals surface area contributed by atoms with Gasteiger partial charge in [-0.2, -0.15) is 0 Å². The van der Waals surface area contributed by atoms with Crippen LogP contribution >= 0.6 is 0 Å². The largest absolute Gasteiger partial charge is 0.462 e. The van der Waals surface area contributed by atoms with Gasteiger partial charge < -0.3 is 14.4 Å². The minimum absolute atomic E-state index is 0.00416. The third kappa shape index (κ3) is 2.93. The number of benzene rings is 1. The van der Waals surface area contributed by atoms with Gasteiger partial charge in [-0.3, -0.25) is 9.69 Å². The topological polar surface area (TPSA) is 45.3 Å². The zero-order valence-electron chi connectivity index (χ0n) is 20.0. The second-order valence-electron chi connectivity index (χ2n) is 11.7. The van der Waals surface area contributed by atoms with Crippen molar-refractivity contribution in [3.63, 3.8) is 0 Å². The molecule has 0 N–H and O–H groups in total. The lowest BCUT2D eigenvalue weighted by Crippen LogP contribution is -2.56. The van der Waals surface area contributed by atoms with Gasteiger partial charge in [0.05, 0.1) is 12.0 Å². The van der Waals surface area contributed by atoms with Crippen molar-refractivity contribution in [2.45, 2.75) is 77.2 Å². The molecule has 2 saturated carbocycles. The van der Waals surface area contributed by atoms with Gasteiger partial charge in [-0.15, -0.1) is 0 Å². The molecule has 5 heteroatoms. The highest BCUT2D eigenvalue weighted by Crippen LogP contribution is 2.70. The van der Waals surface area contributed by atoms with Gasteiger partial charge in [-0.1, -0.05) is 32.4 Å². The maximum Gasteiger partial charge on any atom is 0.311 e. The van der Waals surface area contributed by atoms with E-state index >= 15 is 0 Å². The number of aryl methyl sites for hydroxylation is 1. The van der Waals surface area contributed by atoms with E-state index in [0.717, 1.165) is 32.6 Å². The van der Waals surface area contributed by atoms with E-state index in [9.17, 15) is 4.79 Å². The summed E-state index contributed by atoms with van der Waals surface area (Å²) in [6.07, 6.45) is 4.98. The first-order valence-corrected chi connectivity index (χ1v) is 12.8. The summed E-state index contributed by atoms with van der Waals surface area (Å²) in [6, 6.07) is 9.22. The monoisotopic (exact) mass is 438 g/mol. The molecule has 2 aliphatic carbocycles. The minimum atomic E-state index is -0.0410. The summed E-state index contributed by atoms with van der Waals surface area (Å²) in [6.45, 7) is 13.0. The van der Waals surface area contributed by atoms with Crippen molar-refractivity contribution >= 4 is 11.7 Å². The number of ether oxygens (including phenoxy) is 2. The fourth-order valence-electron chi connectivity index (χ4n) is 8.11. The average molecular weight is 439 g/mol. The molecule has 1 aromatic rings. The molecule has 0 bridgehead atoms. The van der Waals surface area contributed by atoms with Crippen LogP contribution in [0.4, 0.5) is 5.69 Å². The summed E-state index contributed by atoms with van der Waals surface area (Å²) in [7, 11) is 0.